The number of fused-ring (bicyclic) bond motifs is 1. The highest BCUT2D eigenvalue weighted by atomic mass is 32.2. The Morgan fingerprint density at radius 3 is 2.57 bits per heavy atom. The van der Waals surface area contributed by atoms with Crippen LogP contribution in [0.2, 0.25) is 0 Å². The fourth-order valence-electron chi connectivity index (χ4n) is 3.96. The number of carbonyl (C=O) groups excluding carboxylic acids is 2. The quantitative estimate of drug-likeness (QED) is 0.437. The summed E-state index contributed by atoms with van der Waals surface area (Å²) in [5.41, 5.74) is 2.61. The third-order valence-corrected chi connectivity index (χ3v) is 7.82. The number of aromatic amines is 1. The summed E-state index contributed by atoms with van der Waals surface area (Å²) in [6.45, 7) is 2.86. The van der Waals surface area contributed by atoms with E-state index in [4.69, 9.17) is 9.47 Å². The zero-order valence-corrected chi connectivity index (χ0v) is 20.3. The van der Waals surface area contributed by atoms with Crippen LogP contribution < -0.4 is 5.32 Å². The van der Waals surface area contributed by atoms with Gasteiger partial charge in [-0.15, -0.1) is 0 Å². The highest BCUT2D eigenvalue weighted by Crippen LogP contribution is 2.21. The first-order valence-electron chi connectivity index (χ1n) is 11.6. The van der Waals surface area contributed by atoms with E-state index in [-0.39, 0.29) is 11.3 Å². The van der Waals surface area contributed by atoms with Gasteiger partial charge in [0.25, 0.3) is 5.91 Å². The Morgan fingerprint density at radius 2 is 1.83 bits per heavy atom. The SMILES string of the molecule is CC(OC(=O)CCCc1c[nH]c2ccccc12)C(=O)Nc1ccc(S(=O)(=O)N2CCOCC2)cc1. The van der Waals surface area contributed by atoms with Crippen molar-refractivity contribution in [2.24, 2.45) is 0 Å². The van der Waals surface area contributed by atoms with E-state index in [0.29, 0.717) is 38.4 Å². The normalized spacial score (nSPS) is 15.6. The molecule has 4 rings (SSSR count). The minimum atomic E-state index is -3.61. The number of rotatable bonds is 9. The van der Waals surface area contributed by atoms with Crippen LogP contribution in [-0.4, -0.2) is 62.0 Å². The zero-order valence-electron chi connectivity index (χ0n) is 19.5. The monoisotopic (exact) mass is 499 g/mol. The Labute approximate surface area is 204 Å². The standard InChI is InChI=1S/C25H29N3O6S/c1-18(34-24(29)8-4-5-19-17-26-23-7-3-2-6-22(19)23)25(30)27-20-9-11-21(12-10-20)35(31,32)28-13-15-33-16-14-28/h2-3,6-7,9-12,17-18,26H,4-5,8,13-16H2,1H3,(H,27,30). The average molecular weight is 500 g/mol. The molecule has 1 amide bonds. The van der Waals surface area contributed by atoms with E-state index in [9.17, 15) is 18.0 Å². The second kappa shape index (κ2) is 11.0. The maximum absolute atomic E-state index is 12.7. The number of aromatic nitrogens is 1. The van der Waals surface area contributed by atoms with Crippen molar-refractivity contribution in [3.8, 4) is 0 Å². The van der Waals surface area contributed by atoms with Gasteiger partial charge >= 0.3 is 5.97 Å². The van der Waals surface area contributed by atoms with E-state index in [1.54, 1.807) is 0 Å². The van der Waals surface area contributed by atoms with Crippen LogP contribution in [0.1, 0.15) is 25.3 Å². The number of hydrogen-bond acceptors (Lipinski definition) is 6. The number of carbonyl (C=O) groups is 2. The lowest BCUT2D eigenvalue weighted by atomic mass is 10.1. The molecule has 1 fully saturated rings. The Bertz CT molecular complexity index is 1280. The van der Waals surface area contributed by atoms with Gasteiger partial charge < -0.3 is 19.8 Å². The first-order chi connectivity index (χ1) is 16.8. The minimum Gasteiger partial charge on any atom is -0.453 e. The number of para-hydroxylation sites is 1. The summed E-state index contributed by atoms with van der Waals surface area (Å²) in [6, 6.07) is 13.9. The van der Waals surface area contributed by atoms with Gasteiger partial charge in [0.1, 0.15) is 0 Å². The van der Waals surface area contributed by atoms with Crippen molar-refractivity contribution in [2.75, 3.05) is 31.6 Å². The van der Waals surface area contributed by atoms with E-state index < -0.39 is 28.0 Å². The molecule has 2 heterocycles. The third kappa shape index (κ3) is 6.08. The van der Waals surface area contributed by atoms with Gasteiger partial charge in [0.15, 0.2) is 6.10 Å². The van der Waals surface area contributed by atoms with E-state index in [1.807, 2.05) is 30.5 Å². The fraction of sp³-hybridized carbons (Fsp3) is 0.360. The lowest BCUT2D eigenvalue weighted by Gasteiger charge is -2.26. The number of ether oxygens (including phenoxy) is 2. The lowest BCUT2D eigenvalue weighted by molar-refractivity contribution is -0.153. The molecule has 3 aromatic rings. The lowest BCUT2D eigenvalue weighted by Crippen LogP contribution is -2.40. The van der Waals surface area contributed by atoms with Gasteiger partial charge in [-0.1, -0.05) is 18.2 Å². The van der Waals surface area contributed by atoms with Crippen molar-refractivity contribution in [1.29, 1.82) is 0 Å². The molecule has 2 N–H and O–H groups in total. The van der Waals surface area contributed by atoms with Crippen LogP contribution in [0.25, 0.3) is 10.9 Å². The maximum atomic E-state index is 12.7. The van der Waals surface area contributed by atoms with Crippen molar-refractivity contribution < 1.29 is 27.5 Å². The molecule has 2 aromatic carbocycles. The van der Waals surface area contributed by atoms with Crippen molar-refractivity contribution in [3.63, 3.8) is 0 Å². The number of benzene rings is 2. The van der Waals surface area contributed by atoms with Crippen LogP contribution in [0.3, 0.4) is 0 Å². The molecule has 1 aliphatic rings. The molecule has 1 atom stereocenters. The van der Waals surface area contributed by atoms with Crippen molar-refractivity contribution in [3.05, 3.63) is 60.3 Å². The fourth-order valence-corrected chi connectivity index (χ4v) is 5.37. The Morgan fingerprint density at radius 1 is 1.11 bits per heavy atom. The van der Waals surface area contributed by atoms with Gasteiger partial charge in [-0.3, -0.25) is 9.59 Å². The molecular weight excluding hydrogens is 470 g/mol. The molecule has 0 saturated carbocycles. The highest BCUT2D eigenvalue weighted by molar-refractivity contribution is 7.89. The number of morpholine rings is 1. The summed E-state index contributed by atoms with van der Waals surface area (Å²) in [7, 11) is -3.61. The molecule has 0 spiro atoms. The van der Waals surface area contributed by atoms with Gasteiger partial charge in [-0.2, -0.15) is 4.31 Å². The van der Waals surface area contributed by atoms with Crippen molar-refractivity contribution >= 4 is 38.5 Å². The van der Waals surface area contributed by atoms with Gasteiger partial charge in [0, 0.05) is 42.3 Å². The Balaban J connectivity index is 1.24. The van der Waals surface area contributed by atoms with Crippen LogP contribution in [0, 0.1) is 0 Å². The number of anilines is 1. The summed E-state index contributed by atoms with van der Waals surface area (Å²) in [4.78, 5) is 28.0. The molecule has 1 aromatic heterocycles. The largest absolute Gasteiger partial charge is 0.453 e. The van der Waals surface area contributed by atoms with Crippen LogP contribution in [0.15, 0.2) is 59.6 Å². The molecular formula is C25H29N3O6S. The molecule has 0 radical (unpaired) electrons. The summed E-state index contributed by atoms with van der Waals surface area (Å²) < 4.78 is 37.3. The molecule has 1 saturated heterocycles. The molecule has 1 unspecified atom stereocenters. The topological polar surface area (TPSA) is 118 Å². The number of nitrogens with zero attached hydrogens (tertiary/aromatic N) is 1. The first-order valence-corrected chi connectivity index (χ1v) is 13.0. The van der Waals surface area contributed by atoms with Crippen LogP contribution in [0.4, 0.5) is 5.69 Å². The average Bonchev–Trinajstić information content (AvgIpc) is 3.28. The van der Waals surface area contributed by atoms with Gasteiger partial charge in [0.05, 0.1) is 18.1 Å². The number of hydrogen-bond donors (Lipinski definition) is 2. The van der Waals surface area contributed by atoms with Gasteiger partial charge in [-0.25, -0.2) is 8.42 Å². The number of esters is 1. The molecule has 0 aliphatic carbocycles. The van der Waals surface area contributed by atoms with E-state index in [1.165, 1.54) is 35.5 Å². The molecule has 9 nitrogen and oxygen atoms in total. The van der Waals surface area contributed by atoms with E-state index >= 15 is 0 Å². The number of H-pyrrole nitrogens is 1. The van der Waals surface area contributed by atoms with Crippen LogP contribution in [0.5, 0.6) is 0 Å². The summed E-state index contributed by atoms with van der Waals surface area (Å²) in [6.07, 6.45) is 2.50. The Kier molecular flexibility index (Phi) is 7.84. The smallest absolute Gasteiger partial charge is 0.306 e. The predicted molar refractivity (Wildman–Crippen MR) is 131 cm³/mol. The summed E-state index contributed by atoms with van der Waals surface area (Å²) in [5.74, 6) is -0.932. The highest BCUT2D eigenvalue weighted by Gasteiger charge is 2.26. The molecule has 35 heavy (non-hydrogen) atoms. The molecule has 10 heteroatoms. The minimum absolute atomic E-state index is 0.145. The molecule has 186 valence electrons. The van der Waals surface area contributed by atoms with Crippen LogP contribution in [-0.2, 0) is 35.5 Å². The number of nitrogens with one attached hydrogen (secondary N) is 2. The Hall–Kier alpha value is -3.21. The third-order valence-electron chi connectivity index (χ3n) is 5.91. The molecule has 0 bridgehead atoms. The number of aryl methyl sites for hydroxylation is 1. The summed E-state index contributed by atoms with van der Waals surface area (Å²) >= 11 is 0. The second-order valence-electron chi connectivity index (χ2n) is 8.38. The summed E-state index contributed by atoms with van der Waals surface area (Å²) in [5, 5.41) is 3.79. The van der Waals surface area contributed by atoms with Gasteiger partial charge in [-0.05, 0) is 55.7 Å². The maximum Gasteiger partial charge on any atom is 0.306 e. The zero-order chi connectivity index (χ0) is 24.8. The number of sulfonamides is 1. The van der Waals surface area contributed by atoms with E-state index in [0.717, 1.165) is 22.9 Å². The predicted octanol–water partition coefficient (Wildman–Crippen LogP) is 3.08. The number of amides is 1. The van der Waals surface area contributed by atoms with E-state index in [2.05, 4.69) is 10.3 Å². The van der Waals surface area contributed by atoms with Crippen molar-refractivity contribution in [2.45, 2.75) is 37.2 Å². The van der Waals surface area contributed by atoms with Crippen LogP contribution >= 0.6 is 0 Å². The van der Waals surface area contributed by atoms with Gasteiger partial charge in [0.2, 0.25) is 10.0 Å². The van der Waals surface area contributed by atoms with Crippen molar-refractivity contribution in [1.82, 2.24) is 9.29 Å². The second-order valence-corrected chi connectivity index (χ2v) is 10.3. The molecule has 1 aliphatic heterocycles. The first kappa shape index (κ1) is 24.9.